The van der Waals surface area contributed by atoms with Crippen molar-refractivity contribution in [1.29, 1.82) is 0 Å². The van der Waals surface area contributed by atoms with Gasteiger partial charge in [-0.05, 0) is 24.5 Å². The second-order valence-corrected chi connectivity index (χ2v) is 9.05. The van der Waals surface area contributed by atoms with E-state index < -0.39 is 9.84 Å². The Morgan fingerprint density at radius 1 is 1.16 bits per heavy atom. The van der Waals surface area contributed by atoms with Gasteiger partial charge >= 0.3 is 0 Å². The Morgan fingerprint density at radius 2 is 1.84 bits per heavy atom. The fourth-order valence-corrected chi connectivity index (χ4v) is 5.39. The van der Waals surface area contributed by atoms with Crippen molar-refractivity contribution in [2.75, 3.05) is 31.7 Å². The molecule has 2 heterocycles. The maximum atomic E-state index is 12.4. The number of ether oxygens (including phenoxy) is 2. The molecule has 1 amide bonds. The number of likely N-dealkylation sites (tertiary alicyclic amines) is 1. The highest BCUT2D eigenvalue weighted by molar-refractivity contribution is 7.91. The Labute approximate surface area is 149 Å². The summed E-state index contributed by atoms with van der Waals surface area (Å²) in [5, 5.41) is 0. The van der Waals surface area contributed by atoms with Gasteiger partial charge in [0.1, 0.15) is 6.10 Å². The number of sulfone groups is 1. The molecule has 2 aliphatic heterocycles. The largest absolute Gasteiger partial charge is 0.493 e. The van der Waals surface area contributed by atoms with E-state index >= 15 is 0 Å². The molecule has 0 unspecified atom stereocenters. The fourth-order valence-electron chi connectivity index (χ4n) is 3.53. The van der Waals surface area contributed by atoms with Crippen LogP contribution in [0.3, 0.4) is 0 Å². The number of carbonyl (C=O) groups is 1. The topological polar surface area (TPSA) is 72.9 Å². The number of hydrogen-bond acceptors (Lipinski definition) is 5. The normalized spacial score (nSPS) is 23.4. The Bertz CT molecular complexity index is 710. The molecular weight excluding hydrogens is 342 g/mol. The highest BCUT2D eigenvalue weighted by Gasteiger charge is 2.32. The Morgan fingerprint density at radius 3 is 2.44 bits per heavy atom. The monoisotopic (exact) mass is 367 g/mol. The average molecular weight is 367 g/mol. The van der Waals surface area contributed by atoms with Crippen molar-refractivity contribution < 1.29 is 22.7 Å². The first-order valence-corrected chi connectivity index (χ1v) is 10.6. The molecule has 0 aliphatic carbocycles. The molecule has 0 radical (unpaired) electrons. The lowest BCUT2D eigenvalue weighted by Crippen LogP contribution is -2.42. The molecule has 6 nitrogen and oxygen atoms in total. The number of methoxy groups -OCH3 is 1. The van der Waals surface area contributed by atoms with E-state index in [1.165, 1.54) is 0 Å². The van der Waals surface area contributed by atoms with E-state index in [1.807, 2.05) is 29.2 Å². The summed E-state index contributed by atoms with van der Waals surface area (Å²) in [5.74, 6) is 1.87. The second-order valence-electron chi connectivity index (χ2n) is 6.82. The minimum atomic E-state index is -2.92. The van der Waals surface area contributed by atoms with Gasteiger partial charge in [0.2, 0.25) is 5.91 Å². The van der Waals surface area contributed by atoms with Gasteiger partial charge in [-0.25, -0.2) is 8.42 Å². The lowest BCUT2D eigenvalue weighted by molar-refractivity contribution is -0.133. The molecule has 1 aromatic carbocycles. The van der Waals surface area contributed by atoms with E-state index in [1.54, 1.807) is 7.11 Å². The molecular formula is C18H25NO5S. The predicted octanol–water partition coefficient (Wildman–Crippen LogP) is 1.89. The molecule has 0 N–H and O–H groups in total. The molecule has 2 aliphatic rings. The first-order chi connectivity index (χ1) is 12.0. The van der Waals surface area contributed by atoms with Gasteiger partial charge in [-0.1, -0.05) is 12.1 Å². The Hall–Kier alpha value is -1.76. The first-order valence-electron chi connectivity index (χ1n) is 8.75. The van der Waals surface area contributed by atoms with Crippen molar-refractivity contribution in [3.8, 4) is 11.5 Å². The highest BCUT2D eigenvalue weighted by Crippen LogP contribution is 2.29. The standard InChI is InChI=1S/C18H25NO5S/c1-23-16-4-2-3-5-17(16)24-15-6-9-19(10-7-15)18(20)12-14-8-11-25(21,22)13-14/h2-5,14-15H,6-13H2,1H3/t14-/m1/s1. The van der Waals surface area contributed by atoms with Gasteiger partial charge in [-0.3, -0.25) is 4.79 Å². The summed E-state index contributed by atoms with van der Waals surface area (Å²) in [4.78, 5) is 14.2. The van der Waals surface area contributed by atoms with E-state index in [4.69, 9.17) is 9.47 Å². The minimum absolute atomic E-state index is 0.0138. The number of amides is 1. The number of para-hydroxylation sites is 2. The van der Waals surface area contributed by atoms with Gasteiger partial charge in [0.15, 0.2) is 21.3 Å². The Balaban J connectivity index is 1.47. The van der Waals surface area contributed by atoms with Crippen LogP contribution in [-0.4, -0.2) is 57.0 Å². The summed E-state index contributed by atoms with van der Waals surface area (Å²) < 4.78 is 34.4. The van der Waals surface area contributed by atoms with Crippen LogP contribution in [0.1, 0.15) is 25.7 Å². The van der Waals surface area contributed by atoms with E-state index in [0.29, 0.717) is 31.7 Å². The van der Waals surface area contributed by atoms with E-state index in [0.717, 1.165) is 18.6 Å². The zero-order valence-corrected chi connectivity index (χ0v) is 15.3. The zero-order chi connectivity index (χ0) is 17.9. The number of piperidine rings is 1. The SMILES string of the molecule is COc1ccccc1OC1CCN(C(=O)C[C@H]2CCS(=O)(=O)C2)CC1. The molecule has 0 bridgehead atoms. The number of rotatable bonds is 5. The Kier molecular flexibility index (Phi) is 5.51. The van der Waals surface area contributed by atoms with Crippen molar-refractivity contribution in [1.82, 2.24) is 4.90 Å². The number of nitrogens with zero attached hydrogens (tertiary/aromatic N) is 1. The molecule has 3 rings (SSSR count). The summed E-state index contributed by atoms with van der Waals surface area (Å²) >= 11 is 0. The molecule has 0 aromatic heterocycles. The zero-order valence-electron chi connectivity index (χ0n) is 14.5. The molecule has 2 fully saturated rings. The first kappa shape index (κ1) is 18.0. The number of carbonyl (C=O) groups excluding carboxylic acids is 1. The minimum Gasteiger partial charge on any atom is -0.493 e. The second kappa shape index (κ2) is 7.64. The summed E-state index contributed by atoms with van der Waals surface area (Å²) in [5.41, 5.74) is 0. The maximum absolute atomic E-state index is 12.4. The highest BCUT2D eigenvalue weighted by atomic mass is 32.2. The van der Waals surface area contributed by atoms with Gasteiger partial charge in [-0.2, -0.15) is 0 Å². The third kappa shape index (κ3) is 4.66. The molecule has 25 heavy (non-hydrogen) atoms. The summed E-state index contributed by atoms with van der Waals surface area (Å²) in [6, 6.07) is 7.56. The lowest BCUT2D eigenvalue weighted by atomic mass is 10.0. The summed E-state index contributed by atoms with van der Waals surface area (Å²) in [6.07, 6.45) is 2.56. The van der Waals surface area contributed by atoms with Crippen molar-refractivity contribution in [2.45, 2.75) is 31.8 Å². The lowest BCUT2D eigenvalue weighted by Gasteiger charge is -2.33. The molecule has 2 saturated heterocycles. The van der Waals surface area contributed by atoms with Crippen LogP contribution in [-0.2, 0) is 14.6 Å². The quantitative estimate of drug-likeness (QED) is 0.795. The average Bonchev–Trinajstić information content (AvgIpc) is 2.94. The van der Waals surface area contributed by atoms with E-state index in [-0.39, 0.29) is 29.4 Å². The van der Waals surface area contributed by atoms with Crippen LogP contribution in [0.5, 0.6) is 11.5 Å². The van der Waals surface area contributed by atoms with Gasteiger partial charge in [0.05, 0.1) is 18.6 Å². The molecule has 138 valence electrons. The van der Waals surface area contributed by atoms with Gasteiger partial charge in [0, 0.05) is 32.4 Å². The summed E-state index contributed by atoms with van der Waals surface area (Å²) in [7, 11) is -1.31. The van der Waals surface area contributed by atoms with Crippen LogP contribution in [0.4, 0.5) is 0 Å². The van der Waals surface area contributed by atoms with E-state index in [9.17, 15) is 13.2 Å². The molecule has 1 atom stereocenters. The van der Waals surface area contributed by atoms with Crippen LogP contribution in [0.25, 0.3) is 0 Å². The summed E-state index contributed by atoms with van der Waals surface area (Å²) in [6.45, 7) is 1.30. The fraction of sp³-hybridized carbons (Fsp3) is 0.611. The van der Waals surface area contributed by atoms with Crippen molar-refractivity contribution in [3.63, 3.8) is 0 Å². The van der Waals surface area contributed by atoms with Gasteiger partial charge in [0.25, 0.3) is 0 Å². The third-order valence-corrected chi connectivity index (χ3v) is 6.78. The van der Waals surface area contributed by atoms with Crippen molar-refractivity contribution in [3.05, 3.63) is 24.3 Å². The predicted molar refractivity (Wildman–Crippen MR) is 94.6 cm³/mol. The molecule has 1 aromatic rings. The van der Waals surface area contributed by atoms with Crippen molar-refractivity contribution in [2.24, 2.45) is 5.92 Å². The van der Waals surface area contributed by atoms with Crippen LogP contribution >= 0.6 is 0 Å². The molecule has 0 saturated carbocycles. The van der Waals surface area contributed by atoms with Crippen molar-refractivity contribution >= 4 is 15.7 Å². The van der Waals surface area contributed by atoms with Crippen LogP contribution in [0, 0.1) is 5.92 Å². The third-order valence-electron chi connectivity index (χ3n) is 4.95. The number of benzene rings is 1. The van der Waals surface area contributed by atoms with Gasteiger partial charge < -0.3 is 14.4 Å². The van der Waals surface area contributed by atoms with Gasteiger partial charge in [-0.15, -0.1) is 0 Å². The van der Waals surface area contributed by atoms with E-state index in [2.05, 4.69) is 0 Å². The molecule has 7 heteroatoms. The van der Waals surface area contributed by atoms with Crippen LogP contribution in [0.2, 0.25) is 0 Å². The smallest absolute Gasteiger partial charge is 0.222 e. The number of hydrogen-bond donors (Lipinski definition) is 0. The van der Waals surface area contributed by atoms with Crippen LogP contribution < -0.4 is 9.47 Å². The maximum Gasteiger partial charge on any atom is 0.222 e. The van der Waals surface area contributed by atoms with Crippen LogP contribution in [0.15, 0.2) is 24.3 Å². The molecule has 0 spiro atoms.